The Morgan fingerprint density at radius 3 is 2.31 bits per heavy atom. The van der Waals surface area contributed by atoms with Gasteiger partial charge in [-0.05, 0) is 42.0 Å². The van der Waals surface area contributed by atoms with Crippen LogP contribution < -0.4 is 10.6 Å². The Hall–Kier alpha value is -3.39. The fraction of sp³-hybridized carbons (Fsp3) is 0.444. The predicted molar refractivity (Wildman–Crippen MR) is 130 cm³/mol. The van der Waals surface area contributed by atoms with Crippen LogP contribution in [0.5, 0.6) is 0 Å². The molecule has 0 spiro atoms. The lowest BCUT2D eigenvalue weighted by Crippen LogP contribution is -2.46. The number of ether oxygens (including phenoxy) is 2. The average Bonchev–Trinajstić information content (AvgIpc) is 3.43. The molecule has 35 heavy (non-hydrogen) atoms. The van der Waals surface area contributed by atoms with Crippen molar-refractivity contribution < 1.29 is 29.0 Å². The molecule has 0 bridgehead atoms. The summed E-state index contributed by atoms with van der Waals surface area (Å²) in [6.07, 6.45) is 0.854. The zero-order valence-corrected chi connectivity index (χ0v) is 19.9. The number of rotatable bonds is 10. The molecule has 1 fully saturated rings. The smallest absolute Gasteiger partial charge is 0.407 e. The molecule has 2 aromatic carbocycles. The van der Waals surface area contributed by atoms with Crippen LogP contribution in [0.25, 0.3) is 11.1 Å². The molecule has 2 amide bonds. The van der Waals surface area contributed by atoms with Gasteiger partial charge in [-0.2, -0.15) is 0 Å². The normalized spacial score (nSPS) is 19.5. The van der Waals surface area contributed by atoms with Gasteiger partial charge < -0.3 is 25.2 Å². The largest absolute Gasteiger partial charge is 0.481 e. The van der Waals surface area contributed by atoms with E-state index in [-0.39, 0.29) is 43.4 Å². The van der Waals surface area contributed by atoms with E-state index in [1.54, 1.807) is 6.92 Å². The van der Waals surface area contributed by atoms with Crippen molar-refractivity contribution in [2.24, 2.45) is 5.92 Å². The van der Waals surface area contributed by atoms with E-state index in [1.807, 2.05) is 24.3 Å². The lowest BCUT2D eigenvalue weighted by atomic mass is 9.98. The zero-order chi connectivity index (χ0) is 24.8. The van der Waals surface area contributed by atoms with Crippen molar-refractivity contribution in [3.05, 3.63) is 59.7 Å². The van der Waals surface area contributed by atoms with Crippen LogP contribution in [0.15, 0.2) is 48.5 Å². The van der Waals surface area contributed by atoms with E-state index < -0.39 is 18.2 Å². The number of fused-ring (bicyclic) bond motifs is 3. The Morgan fingerprint density at radius 1 is 1.03 bits per heavy atom. The number of aliphatic carboxylic acids is 1. The van der Waals surface area contributed by atoms with Crippen molar-refractivity contribution in [2.45, 2.75) is 50.7 Å². The summed E-state index contributed by atoms with van der Waals surface area (Å²) in [7, 11) is 0. The van der Waals surface area contributed by atoms with E-state index >= 15 is 0 Å². The van der Waals surface area contributed by atoms with Gasteiger partial charge in [-0.3, -0.25) is 9.59 Å². The first-order valence-electron chi connectivity index (χ1n) is 12.2. The van der Waals surface area contributed by atoms with Gasteiger partial charge in [0, 0.05) is 25.1 Å². The second-order valence-corrected chi connectivity index (χ2v) is 9.03. The Bertz CT molecular complexity index is 1030. The number of nitrogens with one attached hydrogen (secondary N) is 2. The SMILES string of the molecule is CCOC(CNC(=O)C1CCCC1NC(=O)OCC1c2ccccc2-c2ccccc21)CC(=O)O. The number of carboxylic acid groups (broad SMARTS) is 1. The summed E-state index contributed by atoms with van der Waals surface area (Å²) >= 11 is 0. The molecule has 0 aliphatic heterocycles. The Kier molecular flexibility index (Phi) is 8.02. The molecule has 8 heteroatoms. The Balaban J connectivity index is 1.31. The molecule has 3 N–H and O–H groups in total. The van der Waals surface area contributed by atoms with Gasteiger partial charge in [0.05, 0.1) is 18.4 Å². The van der Waals surface area contributed by atoms with Crippen LogP contribution in [0.1, 0.15) is 49.7 Å². The first-order chi connectivity index (χ1) is 17.0. The molecule has 3 unspecified atom stereocenters. The minimum atomic E-state index is -0.978. The molecule has 8 nitrogen and oxygen atoms in total. The van der Waals surface area contributed by atoms with Crippen molar-refractivity contribution in [2.75, 3.05) is 19.8 Å². The number of amides is 2. The third kappa shape index (κ3) is 5.82. The van der Waals surface area contributed by atoms with Gasteiger partial charge in [-0.15, -0.1) is 0 Å². The summed E-state index contributed by atoms with van der Waals surface area (Å²) in [5.41, 5.74) is 4.62. The van der Waals surface area contributed by atoms with Crippen LogP contribution in [0, 0.1) is 5.92 Å². The van der Waals surface area contributed by atoms with Crippen LogP contribution >= 0.6 is 0 Å². The minimum Gasteiger partial charge on any atom is -0.481 e. The molecular formula is C27H32N2O6. The standard InChI is InChI=1S/C27H32N2O6/c1-2-34-17(14-25(30)31)15-28-26(32)22-12-7-13-24(22)29-27(33)35-16-23-20-10-5-3-8-18(20)19-9-4-6-11-21(19)23/h3-6,8-11,17,22-24H,2,7,12-16H2,1H3,(H,28,32)(H,29,33)(H,30,31). The Morgan fingerprint density at radius 2 is 1.69 bits per heavy atom. The number of hydrogen-bond acceptors (Lipinski definition) is 5. The zero-order valence-electron chi connectivity index (χ0n) is 19.9. The van der Waals surface area contributed by atoms with E-state index in [1.165, 1.54) is 0 Å². The maximum atomic E-state index is 12.8. The number of alkyl carbamates (subject to hydrolysis) is 1. The lowest BCUT2D eigenvalue weighted by molar-refractivity contribution is -0.140. The highest BCUT2D eigenvalue weighted by molar-refractivity contribution is 5.81. The van der Waals surface area contributed by atoms with Crippen LogP contribution in [0.2, 0.25) is 0 Å². The summed E-state index contributed by atoms with van der Waals surface area (Å²) in [5.74, 6) is -1.60. The number of benzene rings is 2. The average molecular weight is 481 g/mol. The molecule has 0 aromatic heterocycles. The molecule has 0 saturated heterocycles. The van der Waals surface area contributed by atoms with Crippen LogP contribution in [0.4, 0.5) is 4.79 Å². The molecule has 2 aromatic rings. The summed E-state index contributed by atoms with van der Waals surface area (Å²) < 4.78 is 11.0. The van der Waals surface area contributed by atoms with Crippen molar-refractivity contribution in [1.29, 1.82) is 0 Å². The van der Waals surface area contributed by atoms with E-state index in [9.17, 15) is 14.4 Å². The quantitative estimate of drug-likeness (QED) is 0.478. The van der Waals surface area contributed by atoms with E-state index in [4.69, 9.17) is 14.6 Å². The van der Waals surface area contributed by atoms with Gasteiger partial charge in [0.25, 0.3) is 0 Å². The number of carbonyl (C=O) groups excluding carboxylic acids is 2. The van der Waals surface area contributed by atoms with Gasteiger partial charge in [-0.25, -0.2) is 4.79 Å². The highest BCUT2D eigenvalue weighted by atomic mass is 16.5. The lowest BCUT2D eigenvalue weighted by Gasteiger charge is -2.22. The molecule has 0 heterocycles. The number of carboxylic acids is 1. The molecule has 0 radical (unpaired) electrons. The summed E-state index contributed by atoms with van der Waals surface area (Å²) in [6.45, 7) is 2.48. The van der Waals surface area contributed by atoms with Gasteiger partial charge in [-0.1, -0.05) is 55.0 Å². The molecule has 3 atom stereocenters. The van der Waals surface area contributed by atoms with Crippen molar-refractivity contribution in [3.8, 4) is 11.1 Å². The van der Waals surface area contributed by atoms with Crippen LogP contribution in [-0.4, -0.2) is 55.0 Å². The topological polar surface area (TPSA) is 114 Å². The van der Waals surface area contributed by atoms with E-state index in [0.717, 1.165) is 28.7 Å². The third-order valence-electron chi connectivity index (χ3n) is 6.81. The summed E-state index contributed by atoms with van der Waals surface area (Å²) in [6, 6.07) is 16.0. The molecule has 4 rings (SSSR count). The Labute approximate surface area is 205 Å². The highest BCUT2D eigenvalue weighted by Crippen LogP contribution is 2.44. The second kappa shape index (κ2) is 11.4. The minimum absolute atomic E-state index is 0.0273. The first-order valence-corrected chi connectivity index (χ1v) is 12.2. The monoisotopic (exact) mass is 480 g/mol. The van der Waals surface area contributed by atoms with Gasteiger partial charge >= 0.3 is 12.1 Å². The fourth-order valence-electron chi connectivity index (χ4n) is 5.20. The maximum Gasteiger partial charge on any atom is 0.407 e. The summed E-state index contributed by atoms with van der Waals surface area (Å²) in [4.78, 5) is 36.4. The fourth-order valence-corrected chi connectivity index (χ4v) is 5.20. The first kappa shape index (κ1) is 24.7. The second-order valence-electron chi connectivity index (χ2n) is 9.03. The van der Waals surface area contributed by atoms with Crippen LogP contribution in [0.3, 0.4) is 0 Å². The van der Waals surface area contributed by atoms with Gasteiger partial charge in [0.15, 0.2) is 0 Å². The third-order valence-corrected chi connectivity index (χ3v) is 6.81. The number of hydrogen-bond donors (Lipinski definition) is 3. The number of carbonyl (C=O) groups is 3. The maximum absolute atomic E-state index is 12.8. The van der Waals surface area contributed by atoms with E-state index in [2.05, 4.69) is 34.9 Å². The van der Waals surface area contributed by atoms with E-state index in [0.29, 0.717) is 19.4 Å². The van der Waals surface area contributed by atoms with Gasteiger partial charge in [0.1, 0.15) is 6.61 Å². The molecule has 1 saturated carbocycles. The van der Waals surface area contributed by atoms with Crippen LogP contribution in [-0.2, 0) is 19.1 Å². The molecule has 186 valence electrons. The molecular weight excluding hydrogens is 448 g/mol. The van der Waals surface area contributed by atoms with Crippen molar-refractivity contribution in [3.63, 3.8) is 0 Å². The predicted octanol–water partition coefficient (Wildman–Crippen LogP) is 3.69. The highest BCUT2D eigenvalue weighted by Gasteiger charge is 2.35. The molecule has 2 aliphatic carbocycles. The molecule has 2 aliphatic rings. The van der Waals surface area contributed by atoms with Crippen molar-refractivity contribution in [1.82, 2.24) is 10.6 Å². The summed E-state index contributed by atoms with van der Waals surface area (Å²) in [5, 5.41) is 14.7. The van der Waals surface area contributed by atoms with Crippen molar-refractivity contribution >= 4 is 18.0 Å². The van der Waals surface area contributed by atoms with Gasteiger partial charge in [0.2, 0.25) is 5.91 Å².